The molecule has 0 aliphatic rings. The van der Waals surface area contributed by atoms with Crippen LogP contribution in [0.25, 0.3) is 16.9 Å². The third-order valence-corrected chi connectivity index (χ3v) is 4.43. The Morgan fingerprint density at radius 3 is 2.82 bits per heavy atom. The number of nitrogens with zero attached hydrogens (tertiary/aromatic N) is 2. The zero-order valence-electron chi connectivity index (χ0n) is 16.0. The largest absolute Gasteiger partial charge is 0.394 e. The standard InChI is InChI=1S/C21H24FN3O3/c1-14-3-6-19-24-21(16-4-5-17(22)15(2)11-16)18(25(19)13-14)12-20(27)23-7-9-28-10-8-26/h3-6,11,13,26H,7-10,12H2,1-2H3,(H,23,27). The number of hydrogen-bond donors (Lipinski definition) is 2. The van der Waals surface area contributed by atoms with Crippen LogP contribution >= 0.6 is 0 Å². The Balaban J connectivity index is 1.89. The molecule has 28 heavy (non-hydrogen) atoms. The van der Waals surface area contributed by atoms with E-state index in [4.69, 9.17) is 9.84 Å². The Kier molecular flexibility index (Phi) is 6.38. The Morgan fingerprint density at radius 1 is 1.25 bits per heavy atom. The van der Waals surface area contributed by atoms with Crippen LogP contribution in [0.4, 0.5) is 4.39 Å². The third kappa shape index (κ3) is 4.55. The lowest BCUT2D eigenvalue weighted by molar-refractivity contribution is -0.120. The van der Waals surface area contributed by atoms with Crippen LogP contribution in [0, 0.1) is 19.7 Å². The Labute approximate surface area is 163 Å². The number of ether oxygens (including phenoxy) is 1. The summed E-state index contributed by atoms with van der Waals surface area (Å²) in [4.78, 5) is 17.1. The first-order chi connectivity index (χ1) is 13.5. The maximum absolute atomic E-state index is 13.7. The number of aryl methyl sites for hydroxylation is 2. The Hall–Kier alpha value is -2.77. The molecular weight excluding hydrogens is 361 g/mol. The molecule has 3 rings (SSSR count). The number of amides is 1. The van der Waals surface area contributed by atoms with Crippen LogP contribution in [0.3, 0.4) is 0 Å². The molecule has 2 heterocycles. The molecule has 0 unspecified atom stereocenters. The van der Waals surface area contributed by atoms with E-state index in [-0.39, 0.29) is 31.4 Å². The third-order valence-electron chi connectivity index (χ3n) is 4.43. The molecule has 1 aromatic carbocycles. The van der Waals surface area contributed by atoms with Gasteiger partial charge in [0.2, 0.25) is 5.91 Å². The summed E-state index contributed by atoms with van der Waals surface area (Å²) >= 11 is 0. The van der Waals surface area contributed by atoms with Gasteiger partial charge >= 0.3 is 0 Å². The van der Waals surface area contributed by atoms with Gasteiger partial charge in [-0.25, -0.2) is 9.37 Å². The van der Waals surface area contributed by atoms with E-state index in [9.17, 15) is 9.18 Å². The molecule has 0 spiro atoms. The Bertz CT molecular complexity index is 984. The highest BCUT2D eigenvalue weighted by Crippen LogP contribution is 2.27. The number of hydrogen-bond acceptors (Lipinski definition) is 4. The summed E-state index contributed by atoms with van der Waals surface area (Å²) in [7, 11) is 0. The summed E-state index contributed by atoms with van der Waals surface area (Å²) in [6.07, 6.45) is 2.07. The van der Waals surface area contributed by atoms with Crippen molar-refractivity contribution < 1.29 is 19.0 Å². The number of benzene rings is 1. The first kappa shape index (κ1) is 20.0. The molecule has 3 aromatic rings. The lowest BCUT2D eigenvalue weighted by atomic mass is 10.1. The number of pyridine rings is 1. The van der Waals surface area contributed by atoms with Crippen LogP contribution in [-0.2, 0) is 16.0 Å². The van der Waals surface area contributed by atoms with Gasteiger partial charge in [0.05, 0.1) is 37.6 Å². The first-order valence-electron chi connectivity index (χ1n) is 9.19. The van der Waals surface area contributed by atoms with Crippen molar-refractivity contribution in [3.05, 3.63) is 59.2 Å². The second kappa shape index (κ2) is 8.95. The summed E-state index contributed by atoms with van der Waals surface area (Å²) < 4.78 is 20.8. The normalized spacial score (nSPS) is 11.1. The Morgan fingerprint density at radius 2 is 2.07 bits per heavy atom. The minimum Gasteiger partial charge on any atom is -0.394 e. The van der Waals surface area contributed by atoms with Crippen molar-refractivity contribution in [3.63, 3.8) is 0 Å². The minimum atomic E-state index is -0.273. The second-order valence-corrected chi connectivity index (χ2v) is 6.67. The van der Waals surface area contributed by atoms with Crippen LogP contribution in [0.15, 0.2) is 36.5 Å². The highest BCUT2D eigenvalue weighted by molar-refractivity contribution is 5.81. The molecule has 148 valence electrons. The lowest BCUT2D eigenvalue weighted by Gasteiger charge is -2.09. The van der Waals surface area contributed by atoms with Crippen LogP contribution in [-0.4, -0.2) is 46.8 Å². The molecule has 2 N–H and O–H groups in total. The smallest absolute Gasteiger partial charge is 0.226 e. The SMILES string of the molecule is Cc1ccc2nc(-c3ccc(F)c(C)c3)c(CC(=O)NCCOCCO)n2c1. The van der Waals surface area contributed by atoms with Crippen molar-refractivity contribution in [2.45, 2.75) is 20.3 Å². The van der Waals surface area contributed by atoms with Gasteiger partial charge < -0.3 is 19.6 Å². The number of fused-ring (bicyclic) bond motifs is 1. The van der Waals surface area contributed by atoms with Crippen molar-refractivity contribution in [3.8, 4) is 11.3 Å². The fourth-order valence-electron chi connectivity index (χ4n) is 3.04. The number of aliphatic hydroxyl groups excluding tert-OH is 1. The number of aromatic nitrogens is 2. The van der Waals surface area contributed by atoms with Gasteiger partial charge in [0.25, 0.3) is 0 Å². The van der Waals surface area contributed by atoms with E-state index in [1.807, 2.05) is 29.7 Å². The van der Waals surface area contributed by atoms with E-state index in [0.29, 0.717) is 24.4 Å². The average molecular weight is 385 g/mol. The molecule has 0 saturated heterocycles. The van der Waals surface area contributed by atoms with Crippen LogP contribution < -0.4 is 5.32 Å². The van der Waals surface area contributed by atoms with Gasteiger partial charge in [0.1, 0.15) is 11.5 Å². The zero-order chi connectivity index (χ0) is 20.1. The molecule has 2 aromatic heterocycles. The van der Waals surface area contributed by atoms with Gasteiger partial charge in [-0.1, -0.05) is 6.07 Å². The summed E-state index contributed by atoms with van der Waals surface area (Å²) in [6, 6.07) is 8.71. The van der Waals surface area contributed by atoms with E-state index >= 15 is 0 Å². The van der Waals surface area contributed by atoms with Crippen LogP contribution in [0.2, 0.25) is 0 Å². The van der Waals surface area contributed by atoms with Crippen molar-refractivity contribution in [2.75, 3.05) is 26.4 Å². The molecule has 0 radical (unpaired) electrons. The van der Waals surface area contributed by atoms with Gasteiger partial charge in [0.15, 0.2) is 0 Å². The number of aliphatic hydroxyl groups is 1. The van der Waals surface area contributed by atoms with Crippen LogP contribution in [0.1, 0.15) is 16.8 Å². The second-order valence-electron chi connectivity index (χ2n) is 6.67. The van der Waals surface area contributed by atoms with E-state index < -0.39 is 0 Å². The highest BCUT2D eigenvalue weighted by atomic mass is 19.1. The highest BCUT2D eigenvalue weighted by Gasteiger charge is 2.18. The van der Waals surface area contributed by atoms with E-state index in [1.54, 1.807) is 19.1 Å². The van der Waals surface area contributed by atoms with Gasteiger partial charge in [-0.05, 0) is 49.2 Å². The van der Waals surface area contributed by atoms with Crippen LogP contribution in [0.5, 0.6) is 0 Å². The number of rotatable bonds is 8. The maximum Gasteiger partial charge on any atom is 0.226 e. The van der Waals surface area contributed by atoms with Crippen molar-refractivity contribution in [2.24, 2.45) is 0 Å². The van der Waals surface area contributed by atoms with Crippen molar-refractivity contribution >= 4 is 11.6 Å². The van der Waals surface area contributed by atoms with E-state index in [2.05, 4.69) is 10.3 Å². The molecule has 0 aliphatic heterocycles. The number of nitrogens with one attached hydrogen (secondary N) is 1. The van der Waals surface area contributed by atoms with Crippen molar-refractivity contribution in [1.82, 2.24) is 14.7 Å². The number of imidazole rings is 1. The predicted molar refractivity (Wildman–Crippen MR) is 105 cm³/mol. The molecule has 0 aliphatic carbocycles. The van der Waals surface area contributed by atoms with E-state index in [1.165, 1.54) is 6.07 Å². The van der Waals surface area contributed by atoms with Gasteiger partial charge in [-0.15, -0.1) is 0 Å². The predicted octanol–water partition coefficient (Wildman–Crippen LogP) is 2.42. The quantitative estimate of drug-likeness (QED) is 0.584. The number of carbonyl (C=O) groups excluding carboxylic acids is 1. The summed E-state index contributed by atoms with van der Waals surface area (Å²) in [5.41, 5.74) is 4.50. The molecule has 7 heteroatoms. The summed E-state index contributed by atoms with van der Waals surface area (Å²) in [6.45, 7) is 4.58. The zero-order valence-corrected chi connectivity index (χ0v) is 16.0. The average Bonchev–Trinajstić information content (AvgIpc) is 3.01. The van der Waals surface area contributed by atoms with Gasteiger partial charge in [-0.3, -0.25) is 4.79 Å². The molecule has 0 saturated carbocycles. The molecular formula is C21H24FN3O3. The fraction of sp³-hybridized carbons (Fsp3) is 0.333. The summed E-state index contributed by atoms with van der Waals surface area (Å²) in [5.74, 6) is -0.429. The molecule has 6 nitrogen and oxygen atoms in total. The molecule has 1 amide bonds. The van der Waals surface area contributed by atoms with E-state index in [0.717, 1.165) is 22.5 Å². The molecule has 0 atom stereocenters. The first-order valence-corrected chi connectivity index (χ1v) is 9.19. The monoisotopic (exact) mass is 385 g/mol. The lowest BCUT2D eigenvalue weighted by Crippen LogP contribution is -2.29. The molecule has 0 fully saturated rings. The molecule has 0 bridgehead atoms. The number of carbonyl (C=O) groups is 1. The van der Waals surface area contributed by atoms with Crippen molar-refractivity contribution in [1.29, 1.82) is 0 Å². The number of halogens is 1. The maximum atomic E-state index is 13.7. The fourth-order valence-corrected chi connectivity index (χ4v) is 3.04. The topological polar surface area (TPSA) is 75.9 Å². The van der Waals surface area contributed by atoms with Gasteiger partial charge in [0, 0.05) is 18.3 Å². The summed E-state index contributed by atoms with van der Waals surface area (Å²) in [5, 5.41) is 11.5. The van der Waals surface area contributed by atoms with Gasteiger partial charge in [-0.2, -0.15) is 0 Å². The minimum absolute atomic E-state index is 0.0461.